The van der Waals surface area contributed by atoms with Gasteiger partial charge >= 0.3 is 6.18 Å². The van der Waals surface area contributed by atoms with Crippen molar-refractivity contribution in [1.82, 2.24) is 10.3 Å². The van der Waals surface area contributed by atoms with Crippen LogP contribution in [0.1, 0.15) is 18.7 Å². The first-order chi connectivity index (χ1) is 8.98. The summed E-state index contributed by atoms with van der Waals surface area (Å²) in [6.45, 7) is 1.04. The molecule has 1 atom stereocenters. The quantitative estimate of drug-likeness (QED) is 0.831. The van der Waals surface area contributed by atoms with Gasteiger partial charge in [0, 0.05) is 6.20 Å². The van der Waals surface area contributed by atoms with Crippen LogP contribution in [0.15, 0.2) is 18.3 Å². The molecule has 0 spiro atoms. The van der Waals surface area contributed by atoms with Gasteiger partial charge < -0.3 is 14.8 Å². The third-order valence-corrected chi connectivity index (χ3v) is 2.35. The Balaban J connectivity index is 2.71. The second kappa shape index (κ2) is 7.30. The molecule has 4 nitrogen and oxygen atoms in total. The number of pyridine rings is 1. The van der Waals surface area contributed by atoms with Crippen molar-refractivity contribution < 1.29 is 22.6 Å². The fraction of sp³-hybridized carbons (Fsp3) is 0.583. The SMILES string of the molecule is CCNC(COCC(F)(F)F)c1ncccc1OC. The van der Waals surface area contributed by atoms with Crippen molar-refractivity contribution in [1.29, 1.82) is 0 Å². The molecule has 1 aromatic rings. The Morgan fingerprint density at radius 3 is 2.74 bits per heavy atom. The highest BCUT2D eigenvalue weighted by Crippen LogP contribution is 2.23. The third kappa shape index (κ3) is 5.44. The minimum absolute atomic E-state index is 0.124. The van der Waals surface area contributed by atoms with Gasteiger partial charge in [-0.05, 0) is 18.7 Å². The summed E-state index contributed by atoms with van der Waals surface area (Å²) >= 11 is 0. The minimum atomic E-state index is -4.33. The highest BCUT2D eigenvalue weighted by molar-refractivity contribution is 5.29. The summed E-state index contributed by atoms with van der Waals surface area (Å²) < 4.78 is 46.0. The van der Waals surface area contributed by atoms with E-state index in [1.807, 2.05) is 6.92 Å². The highest BCUT2D eigenvalue weighted by Gasteiger charge is 2.28. The number of alkyl halides is 3. The van der Waals surface area contributed by atoms with Gasteiger partial charge in [-0.2, -0.15) is 13.2 Å². The molecule has 0 fully saturated rings. The Hall–Kier alpha value is -1.34. The van der Waals surface area contributed by atoms with Crippen molar-refractivity contribution in [3.63, 3.8) is 0 Å². The number of halogens is 3. The molecule has 0 aromatic carbocycles. The zero-order chi connectivity index (χ0) is 14.3. The number of hydrogen-bond acceptors (Lipinski definition) is 4. The highest BCUT2D eigenvalue weighted by atomic mass is 19.4. The number of likely N-dealkylation sites (N-methyl/N-ethyl adjacent to an activating group) is 1. The Labute approximate surface area is 109 Å². The lowest BCUT2D eigenvalue weighted by atomic mass is 10.2. The van der Waals surface area contributed by atoms with Crippen molar-refractivity contribution in [2.45, 2.75) is 19.1 Å². The first-order valence-electron chi connectivity index (χ1n) is 5.84. The second-order valence-corrected chi connectivity index (χ2v) is 3.83. The lowest BCUT2D eigenvalue weighted by molar-refractivity contribution is -0.175. The zero-order valence-corrected chi connectivity index (χ0v) is 10.8. The van der Waals surface area contributed by atoms with E-state index in [2.05, 4.69) is 15.0 Å². The summed E-state index contributed by atoms with van der Waals surface area (Å²) in [4.78, 5) is 4.13. The summed E-state index contributed by atoms with van der Waals surface area (Å²) in [5, 5.41) is 3.03. The standard InChI is InChI=1S/C12H17F3N2O2/c1-3-16-9(7-19-8-12(13,14)15)11-10(18-2)5-4-6-17-11/h4-6,9,16H,3,7-8H2,1-2H3. The number of nitrogens with one attached hydrogen (secondary N) is 1. The van der Waals surface area contributed by atoms with Gasteiger partial charge in [-0.1, -0.05) is 6.92 Å². The van der Waals surface area contributed by atoms with E-state index < -0.39 is 18.8 Å². The molecule has 0 saturated carbocycles. The van der Waals surface area contributed by atoms with Gasteiger partial charge in [-0.25, -0.2) is 0 Å². The predicted molar refractivity (Wildman–Crippen MR) is 64.1 cm³/mol. The lowest BCUT2D eigenvalue weighted by Crippen LogP contribution is -2.29. The fourth-order valence-corrected chi connectivity index (χ4v) is 1.61. The Bertz CT molecular complexity index is 385. The van der Waals surface area contributed by atoms with Gasteiger partial charge in [0.05, 0.1) is 19.8 Å². The fourth-order valence-electron chi connectivity index (χ4n) is 1.61. The number of aromatic nitrogens is 1. The van der Waals surface area contributed by atoms with E-state index in [-0.39, 0.29) is 6.61 Å². The topological polar surface area (TPSA) is 43.4 Å². The number of methoxy groups -OCH3 is 1. The van der Waals surface area contributed by atoms with Crippen LogP contribution in [0.5, 0.6) is 5.75 Å². The Morgan fingerprint density at radius 1 is 1.42 bits per heavy atom. The largest absolute Gasteiger partial charge is 0.495 e. The lowest BCUT2D eigenvalue weighted by Gasteiger charge is -2.20. The minimum Gasteiger partial charge on any atom is -0.495 e. The molecule has 0 aliphatic heterocycles. The molecule has 1 rings (SSSR count). The van der Waals surface area contributed by atoms with Crippen LogP contribution >= 0.6 is 0 Å². The van der Waals surface area contributed by atoms with E-state index in [4.69, 9.17) is 4.74 Å². The maximum absolute atomic E-state index is 12.1. The molecule has 1 N–H and O–H groups in total. The monoisotopic (exact) mass is 278 g/mol. The maximum atomic E-state index is 12.1. The molecule has 108 valence electrons. The normalized spacial score (nSPS) is 13.3. The van der Waals surface area contributed by atoms with Crippen LogP contribution in [0.4, 0.5) is 13.2 Å². The summed E-state index contributed by atoms with van der Waals surface area (Å²) in [7, 11) is 1.49. The van der Waals surface area contributed by atoms with Crippen LogP contribution in [-0.2, 0) is 4.74 Å². The molecule has 0 radical (unpaired) electrons. The molecule has 0 bridgehead atoms. The van der Waals surface area contributed by atoms with Gasteiger partial charge in [0.25, 0.3) is 0 Å². The van der Waals surface area contributed by atoms with E-state index in [0.717, 1.165) is 0 Å². The first-order valence-corrected chi connectivity index (χ1v) is 5.84. The van der Waals surface area contributed by atoms with Crippen molar-refractivity contribution >= 4 is 0 Å². The Morgan fingerprint density at radius 2 is 2.16 bits per heavy atom. The smallest absolute Gasteiger partial charge is 0.411 e. The molecule has 0 amide bonds. The van der Waals surface area contributed by atoms with Crippen LogP contribution in [0.2, 0.25) is 0 Å². The van der Waals surface area contributed by atoms with Gasteiger partial charge in [0.15, 0.2) is 0 Å². The van der Waals surface area contributed by atoms with Gasteiger partial charge in [-0.15, -0.1) is 0 Å². The second-order valence-electron chi connectivity index (χ2n) is 3.83. The molecule has 0 saturated heterocycles. The third-order valence-electron chi connectivity index (χ3n) is 2.35. The number of hydrogen-bond donors (Lipinski definition) is 1. The first kappa shape index (κ1) is 15.7. The van der Waals surface area contributed by atoms with Gasteiger partial charge in [-0.3, -0.25) is 4.98 Å². The van der Waals surface area contributed by atoms with Crippen LogP contribution in [0.25, 0.3) is 0 Å². The molecular weight excluding hydrogens is 261 g/mol. The number of ether oxygens (including phenoxy) is 2. The van der Waals surface area contributed by atoms with E-state index in [1.165, 1.54) is 7.11 Å². The van der Waals surface area contributed by atoms with Crippen molar-refractivity contribution in [2.24, 2.45) is 0 Å². The number of nitrogens with zero attached hydrogens (tertiary/aromatic N) is 1. The zero-order valence-electron chi connectivity index (χ0n) is 10.8. The molecular formula is C12H17F3N2O2. The van der Waals surface area contributed by atoms with E-state index in [1.54, 1.807) is 18.3 Å². The summed E-state index contributed by atoms with van der Waals surface area (Å²) in [6.07, 6.45) is -2.77. The van der Waals surface area contributed by atoms with E-state index in [0.29, 0.717) is 18.0 Å². The summed E-state index contributed by atoms with van der Waals surface area (Å²) in [5.74, 6) is 0.518. The maximum Gasteiger partial charge on any atom is 0.411 e. The van der Waals surface area contributed by atoms with Crippen LogP contribution in [0, 0.1) is 0 Å². The average Bonchev–Trinajstić information content (AvgIpc) is 2.36. The van der Waals surface area contributed by atoms with Gasteiger partial charge in [0.2, 0.25) is 0 Å². The molecule has 1 aromatic heterocycles. The van der Waals surface area contributed by atoms with E-state index in [9.17, 15) is 13.2 Å². The van der Waals surface area contributed by atoms with Crippen LogP contribution in [-0.4, -0.2) is 38.0 Å². The summed E-state index contributed by atoms with van der Waals surface area (Å²) in [5.41, 5.74) is 0.536. The average molecular weight is 278 g/mol. The van der Waals surface area contributed by atoms with E-state index >= 15 is 0 Å². The summed E-state index contributed by atoms with van der Waals surface area (Å²) in [6, 6.07) is 2.96. The molecule has 1 unspecified atom stereocenters. The molecule has 7 heteroatoms. The molecule has 1 heterocycles. The van der Waals surface area contributed by atoms with Gasteiger partial charge in [0.1, 0.15) is 18.1 Å². The van der Waals surface area contributed by atoms with Crippen LogP contribution in [0.3, 0.4) is 0 Å². The molecule has 19 heavy (non-hydrogen) atoms. The van der Waals surface area contributed by atoms with Crippen molar-refractivity contribution in [3.8, 4) is 5.75 Å². The predicted octanol–water partition coefficient (Wildman–Crippen LogP) is 2.32. The van der Waals surface area contributed by atoms with Crippen molar-refractivity contribution in [3.05, 3.63) is 24.0 Å². The number of rotatable bonds is 7. The van der Waals surface area contributed by atoms with Crippen LogP contribution < -0.4 is 10.1 Å². The molecule has 0 aliphatic carbocycles. The molecule has 0 aliphatic rings. The Kier molecular flexibility index (Phi) is 6.04. The van der Waals surface area contributed by atoms with Crippen molar-refractivity contribution in [2.75, 3.05) is 26.9 Å².